The van der Waals surface area contributed by atoms with Crippen LogP contribution in [-0.2, 0) is 26.0 Å². The lowest BCUT2D eigenvalue weighted by Crippen LogP contribution is -2.42. The molecule has 1 aromatic heterocycles. The highest BCUT2D eigenvalue weighted by Gasteiger charge is 2.34. The first kappa shape index (κ1) is 40.6. The van der Waals surface area contributed by atoms with Crippen molar-refractivity contribution in [3.63, 3.8) is 0 Å². The summed E-state index contributed by atoms with van der Waals surface area (Å²) in [5.41, 5.74) is 3.27. The number of ether oxygens (including phenoxy) is 1. The summed E-state index contributed by atoms with van der Waals surface area (Å²) in [5.74, 6) is -1.50. The predicted molar refractivity (Wildman–Crippen MR) is 203 cm³/mol. The molecule has 51 heavy (non-hydrogen) atoms. The third kappa shape index (κ3) is 9.46. The number of thioether (sulfide) groups is 1. The summed E-state index contributed by atoms with van der Waals surface area (Å²) in [7, 11) is 4.47. The summed E-state index contributed by atoms with van der Waals surface area (Å²) in [4.78, 5) is 16.4. The monoisotopic (exact) mass is 779 g/mol. The van der Waals surface area contributed by atoms with E-state index in [4.69, 9.17) is 32.9 Å². The van der Waals surface area contributed by atoms with Crippen molar-refractivity contribution in [3.8, 4) is 11.4 Å². The van der Waals surface area contributed by atoms with Crippen LogP contribution in [-0.4, -0.2) is 85.7 Å². The maximum Gasteiger partial charge on any atom is 0.322 e. The highest BCUT2D eigenvalue weighted by Crippen LogP contribution is 2.40. The van der Waals surface area contributed by atoms with Gasteiger partial charge in [0.2, 0.25) is 10.0 Å². The highest BCUT2D eigenvalue weighted by atomic mass is 35.5. The normalized spacial score (nSPS) is 13.1. The van der Waals surface area contributed by atoms with E-state index in [0.717, 1.165) is 45.8 Å². The van der Waals surface area contributed by atoms with E-state index < -0.39 is 38.2 Å². The molecule has 14 heteroatoms. The number of aromatic nitrogens is 2. The molecule has 1 unspecified atom stereocenters. The molecule has 0 spiro atoms. The Morgan fingerprint density at radius 2 is 1.75 bits per heavy atom. The van der Waals surface area contributed by atoms with Crippen molar-refractivity contribution in [2.24, 2.45) is 0 Å². The molecule has 4 aromatic rings. The molecular formula is C37H46Cl2FN4O5S2+. The summed E-state index contributed by atoms with van der Waals surface area (Å²) in [6, 6.07) is 14.4. The van der Waals surface area contributed by atoms with E-state index in [1.165, 1.54) is 24.9 Å². The van der Waals surface area contributed by atoms with E-state index >= 15 is 4.39 Å². The van der Waals surface area contributed by atoms with E-state index in [0.29, 0.717) is 26.8 Å². The maximum absolute atomic E-state index is 15.8. The number of unbranched alkanes of at least 4 members (excludes halogenated alkanes) is 1. The Balaban J connectivity index is 1.64. The first-order valence-corrected chi connectivity index (χ1v) is 19.6. The number of carboxylic acid groups (broad SMARTS) is 1. The van der Waals surface area contributed by atoms with Gasteiger partial charge in [0.05, 0.1) is 56.6 Å². The van der Waals surface area contributed by atoms with Gasteiger partial charge in [-0.15, -0.1) is 0 Å². The van der Waals surface area contributed by atoms with Crippen LogP contribution in [0.4, 0.5) is 4.39 Å². The topological polar surface area (TPSA) is 102 Å². The Labute approximate surface area is 315 Å². The molecule has 0 aliphatic heterocycles. The first-order chi connectivity index (χ1) is 23.8. The van der Waals surface area contributed by atoms with Crippen LogP contribution in [0.15, 0.2) is 70.8 Å². The molecule has 9 nitrogen and oxygen atoms in total. The van der Waals surface area contributed by atoms with E-state index in [-0.39, 0.29) is 22.8 Å². The third-order valence-corrected chi connectivity index (χ3v) is 12.4. The Bertz CT molecular complexity index is 1960. The quantitative estimate of drug-likeness (QED) is 0.0695. The molecular weight excluding hydrogens is 734 g/mol. The number of quaternary nitrogens is 1. The predicted octanol–water partition coefficient (Wildman–Crippen LogP) is 8.20. The molecule has 0 fully saturated rings. The smallest absolute Gasteiger partial charge is 0.322 e. The average molecular weight is 781 g/mol. The number of imidazole rings is 1. The van der Waals surface area contributed by atoms with Gasteiger partial charge >= 0.3 is 5.97 Å². The molecule has 0 saturated carbocycles. The van der Waals surface area contributed by atoms with Crippen LogP contribution < -0.4 is 4.74 Å². The number of hydrogen-bond acceptors (Lipinski definition) is 6. The van der Waals surface area contributed by atoms with Gasteiger partial charge in [-0.2, -0.15) is 4.31 Å². The van der Waals surface area contributed by atoms with Crippen LogP contribution in [0.3, 0.4) is 0 Å². The summed E-state index contributed by atoms with van der Waals surface area (Å²) in [6.07, 6.45) is 3.15. The molecule has 0 saturated heterocycles. The van der Waals surface area contributed by atoms with Crippen LogP contribution in [0.2, 0.25) is 10.0 Å². The second kappa shape index (κ2) is 16.3. The van der Waals surface area contributed by atoms with Gasteiger partial charge in [0.15, 0.2) is 5.16 Å². The van der Waals surface area contributed by atoms with E-state index in [1.807, 2.05) is 69.0 Å². The van der Waals surface area contributed by atoms with E-state index in [1.54, 1.807) is 19.4 Å². The zero-order chi connectivity index (χ0) is 37.9. The van der Waals surface area contributed by atoms with Gasteiger partial charge < -0.3 is 14.3 Å². The maximum atomic E-state index is 15.8. The number of benzene rings is 3. The van der Waals surface area contributed by atoms with Gasteiger partial charge in [-0.25, -0.2) is 17.8 Å². The van der Waals surface area contributed by atoms with Crippen LogP contribution in [0.25, 0.3) is 5.69 Å². The fourth-order valence-electron chi connectivity index (χ4n) is 5.74. The van der Waals surface area contributed by atoms with Crippen molar-refractivity contribution in [1.29, 1.82) is 0 Å². The Hall–Kier alpha value is -3.13. The van der Waals surface area contributed by atoms with Gasteiger partial charge in [0.25, 0.3) is 0 Å². The van der Waals surface area contributed by atoms with Crippen LogP contribution in [0, 0.1) is 12.7 Å². The number of sulfonamides is 1. The molecule has 0 radical (unpaired) electrons. The lowest BCUT2D eigenvalue weighted by molar-refractivity contribution is -0.870. The second-order valence-electron chi connectivity index (χ2n) is 14.1. The summed E-state index contributed by atoms with van der Waals surface area (Å²) >= 11 is 14.2. The zero-order valence-corrected chi connectivity index (χ0v) is 33.4. The van der Waals surface area contributed by atoms with Crippen molar-refractivity contribution in [2.45, 2.75) is 67.3 Å². The number of rotatable bonds is 16. The van der Waals surface area contributed by atoms with E-state index in [9.17, 15) is 18.3 Å². The number of carboxylic acids is 1. The van der Waals surface area contributed by atoms with Crippen LogP contribution in [0.1, 0.15) is 55.5 Å². The minimum atomic E-state index is -4.39. The van der Waals surface area contributed by atoms with Crippen molar-refractivity contribution in [2.75, 3.05) is 41.8 Å². The fourth-order valence-corrected chi connectivity index (χ4v) is 8.76. The Morgan fingerprint density at radius 1 is 1.08 bits per heavy atom. The molecule has 3 aromatic carbocycles. The van der Waals surface area contributed by atoms with Crippen LogP contribution in [0.5, 0.6) is 5.75 Å². The number of halogens is 3. The van der Waals surface area contributed by atoms with E-state index in [2.05, 4.69) is 13.8 Å². The fraction of sp³-hybridized carbons (Fsp3) is 0.405. The second-order valence-corrected chi connectivity index (χ2v) is 17.9. The molecule has 0 bridgehead atoms. The number of hydrogen-bond donors (Lipinski definition) is 1. The van der Waals surface area contributed by atoms with Gasteiger partial charge in [-0.3, -0.25) is 9.36 Å². The number of aliphatic carboxylic acids is 1. The molecule has 0 amide bonds. The van der Waals surface area contributed by atoms with Crippen molar-refractivity contribution >= 4 is 51.0 Å². The minimum Gasteiger partial charge on any atom is -0.495 e. The molecule has 276 valence electrons. The van der Waals surface area contributed by atoms with Crippen molar-refractivity contribution < 1.29 is 31.9 Å². The molecule has 0 aliphatic carbocycles. The molecule has 0 aliphatic rings. The third-order valence-electron chi connectivity index (χ3n) is 8.95. The molecule has 1 heterocycles. The number of aryl methyl sites for hydroxylation is 1. The highest BCUT2D eigenvalue weighted by molar-refractivity contribution is 7.98. The standard InChI is InChI=1S/C37H45Cl2FN4O5S2/c1-24-12-15-26(16-13-24)43-34(37(2,3)25-14-17-29(38)33(19-25)49-8)22-41-36(43)50-23-28-30(39)20-27(21-31(28)40)51(47,48)42(4)32(35(45)46)11-9-10-18-44(5,6)7/h12-17,19-22,32H,9-11,18,23H2,1-8H3/p+1. The Kier molecular flexibility index (Phi) is 13.0. The SMILES string of the molecule is COc1cc(C(C)(C)c2cnc(SCc3c(F)cc(S(=O)(=O)N(C)C(CCCC[N+](C)(C)C)C(=O)O)cc3Cl)n2-c2ccc(C)cc2)ccc1Cl. The van der Waals surface area contributed by atoms with Crippen molar-refractivity contribution in [1.82, 2.24) is 13.9 Å². The number of nitrogens with zero attached hydrogens (tertiary/aromatic N) is 4. The lowest BCUT2D eigenvalue weighted by Gasteiger charge is -2.28. The summed E-state index contributed by atoms with van der Waals surface area (Å²) < 4.78 is 51.9. The minimum absolute atomic E-state index is 0.0440. The average Bonchev–Trinajstić information content (AvgIpc) is 3.48. The number of methoxy groups -OCH3 is 1. The molecule has 1 atom stereocenters. The number of likely N-dealkylation sites (N-methyl/N-ethyl adjacent to an activating group) is 1. The van der Waals surface area contributed by atoms with Gasteiger partial charge in [0, 0.05) is 34.5 Å². The van der Waals surface area contributed by atoms with Gasteiger partial charge in [-0.05, 0) is 68.1 Å². The first-order valence-electron chi connectivity index (χ1n) is 16.4. The number of carbonyl (C=O) groups is 1. The zero-order valence-electron chi connectivity index (χ0n) is 30.2. The van der Waals surface area contributed by atoms with Gasteiger partial charge in [-0.1, -0.05) is 72.6 Å². The van der Waals surface area contributed by atoms with Gasteiger partial charge in [0.1, 0.15) is 17.6 Å². The largest absolute Gasteiger partial charge is 0.495 e. The van der Waals surface area contributed by atoms with Crippen LogP contribution >= 0.6 is 35.0 Å². The lowest BCUT2D eigenvalue weighted by atomic mass is 9.81. The molecule has 4 rings (SSSR count). The van der Waals surface area contributed by atoms with Crippen molar-refractivity contribution in [3.05, 3.63) is 99.0 Å². The molecule has 1 N–H and O–H groups in total. The summed E-state index contributed by atoms with van der Waals surface area (Å²) in [5, 5.41) is 10.9. The summed E-state index contributed by atoms with van der Waals surface area (Å²) in [6.45, 7) is 6.95. The Morgan fingerprint density at radius 3 is 2.33 bits per heavy atom.